The summed E-state index contributed by atoms with van der Waals surface area (Å²) in [4.78, 5) is 0. The monoisotopic (exact) mass is 208 g/mol. The van der Waals surface area contributed by atoms with E-state index in [0.717, 1.165) is 19.6 Å². The standard InChI is InChI=1S/C13H20O2/c1-12-7-3-2-5-11(12)6-4-8-13(12)14-9-10-15-13/h5H,2-4,6-10H2,1H3/t12-/m0/s1. The van der Waals surface area contributed by atoms with Crippen molar-refractivity contribution in [2.24, 2.45) is 5.41 Å². The molecule has 2 heteroatoms. The highest BCUT2D eigenvalue weighted by Crippen LogP contribution is 2.56. The van der Waals surface area contributed by atoms with Gasteiger partial charge in [0.25, 0.3) is 0 Å². The van der Waals surface area contributed by atoms with Crippen LogP contribution in [0.25, 0.3) is 0 Å². The molecule has 1 heterocycles. The van der Waals surface area contributed by atoms with E-state index in [-0.39, 0.29) is 11.2 Å². The van der Waals surface area contributed by atoms with Crippen LogP contribution in [0.15, 0.2) is 11.6 Å². The van der Waals surface area contributed by atoms with Gasteiger partial charge in [0.1, 0.15) is 0 Å². The second kappa shape index (κ2) is 3.33. The van der Waals surface area contributed by atoms with Gasteiger partial charge in [0.15, 0.2) is 5.79 Å². The van der Waals surface area contributed by atoms with Crippen LogP contribution in [-0.4, -0.2) is 19.0 Å². The molecule has 0 radical (unpaired) electrons. The van der Waals surface area contributed by atoms with E-state index in [1.165, 1.54) is 32.1 Å². The SMILES string of the molecule is C[C@]12CCCC=C1CCCC21OCCO1. The third-order valence-corrected chi connectivity index (χ3v) is 4.53. The number of allylic oxidation sites excluding steroid dienone is 1. The maximum Gasteiger partial charge on any atom is 0.177 e. The molecule has 1 saturated heterocycles. The molecule has 1 atom stereocenters. The lowest BCUT2D eigenvalue weighted by molar-refractivity contribution is -0.237. The van der Waals surface area contributed by atoms with Crippen LogP contribution in [0.5, 0.6) is 0 Å². The third-order valence-electron chi connectivity index (χ3n) is 4.53. The van der Waals surface area contributed by atoms with Crippen LogP contribution >= 0.6 is 0 Å². The Morgan fingerprint density at radius 3 is 2.73 bits per heavy atom. The van der Waals surface area contributed by atoms with Crippen molar-refractivity contribution < 1.29 is 9.47 Å². The lowest BCUT2D eigenvalue weighted by Crippen LogP contribution is -2.51. The minimum atomic E-state index is -0.266. The van der Waals surface area contributed by atoms with Crippen LogP contribution in [-0.2, 0) is 9.47 Å². The zero-order chi connectivity index (χ0) is 10.4. The fraction of sp³-hybridized carbons (Fsp3) is 0.846. The highest BCUT2D eigenvalue weighted by atomic mass is 16.7. The quantitative estimate of drug-likeness (QED) is 0.570. The van der Waals surface area contributed by atoms with Crippen LogP contribution < -0.4 is 0 Å². The molecule has 0 aromatic carbocycles. The van der Waals surface area contributed by atoms with Gasteiger partial charge < -0.3 is 9.47 Å². The van der Waals surface area contributed by atoms with Gasteiger partial charge in [-0.15, -0.1) is 0 Å². The first-order valence-electron chi connectivity index (χ1n) is 6.24. The summed E-state index contributed by atoms with van der Waals surface area (Å²) >= 11 is 0. The van der Waals surface area contributed by atoms with Gasteiger partial charge in [-0.2, -0.15) is 0 Å². The number of ether oxygens (including phenoxy) is 2. The Hall–Kier alpha value is -0.340. The minimum Gasteiger partial charge on any atom is -0.347 e. The fourth-order valence-electron chi connectivity index (χ4n) is 3.64. The van der Waals surface area contributed by atoms with Crippen LogP contribution in [0, 0.1) is 5.41 Å². The van der Waals surface area contributed by atoms with E-state index in [9.17, 15) is 0 Å². The summed E-state index contributed by atoms with van der Waals surface area (Å²) in [6.07, 6.45) is 9.77. The molecule has 3 rings (SSSR count). The maximum absolute atomic E-state index is 5.99. The topological polar surface area (TPSA) is 18.5 Å². The number of hydrogen-bond acceptors (Lipinski definition) is 2. The van der Waals surface area contributed by atoms with E-state index in [4.69, 9.17) is 9.47 Å². The van der Waals surface area contributed by atoms with E-state index >= 15 is 0 Å². The van der Waals surface area contributed by atoms with Crippen molar-refractivity contribution in [3.05, 3.63) is 11.6 Å². The fourth-order valence-corrected chi connectivity index (χ4v) is 3.64. The van der Waals surface area contributed by atoms with E-state index in [1.54, 1.807) is 5.57 Å². The van der Waals surface area contributed by atoms with Crippen molar-refractivity contribution >= 4 is 0 Å². The molecule has 0 aromatic heterocycles. The Morgan fingerprint density at radius 1 is 1.13 bits per heavy atom. The molecule has 1 spiro atoms. The molecule has 3 aliphatic rings. The van der Waals surface area contributed by atoms with E-state index in [2.05, 4.69) is 13.0 Å². The van der Waals surface area contributed by atoms with Crippen molar-refractivity contribution in [3.8, 4) is 0 Å². The summed E-state index contributed by atoms with van der Waals surface area (Å²) in [5, 5.41) is 0. The molecule has 15 heavy (non-hydrogen) atoms. The Morgan fingerprint density at radius 2 is 1.93 bits per heavy atom. The molecule has 1 saturated carbocycles. The van der Waals surface area contributed by atoms with Gasteiger partial charge in [-0.1, -0.05) is 18.6 Å². The molecule has 2 aliphatic carbocycles. The molecule has 2 fully saturated rings. The Balaban J connectivity index is 2.01. The van der Waals surface area contributed by atoms with E-state index in [1.807, 2.05) is 0 Å². The molecule has 0 aromatic rings. The van der Waals surface area contributed by atoms with Gasteiger partial charge in [-0.25, -0.2) is 0 Å². The smallest absolute Gasteiger partial charge is 0.177 e. The molecule has 2 nitrogen and oxygen atoms in total. The molecule has 0 N–H and O–H groups in total. The van der Waals surface area contributed by atoms with Gasteiger partial charge in [-0.05, 0) is 32.1 Å². The molecule has 1 aliphatic heterocycles. The lowest BCUT2D eigenvalue weighted by Gasteiger charge is -2.51. The van der Waals surface area contributed by atoms with Gasteiger partial charge in [0, 0.05) is 11.8 Å². The van der Waals surface area contributed by atoms with Gasteiger partial charge in [0.2, 0.25) is 0 Å². The first-order chi connectivity index (χ1) is 7.27. The maximum atomic E-state index is 5.99. The largest absolute Gasteiger partial charge is 0.347 e. The molecular weight excluding hydrogens is 188 g/mol. The predicted octanol–water partition coefficient (Wildman–Crippen LogP) is 3.03. The average Bonchev–Trinajstić information content (AvgIpc) is 2.70. The predicted molar refractivity (Wildman–Crippen MR) is 58.5 cm³/mol. The summed E-state index contributed by atoms with van der Waals surface area (Å²) < 4.78 is 12.0. The van der Waals surface area contributed by atoms with Gasteiger partial charge >= 0.3 is 0 Å². The average molecular weight is 208 g/mol. The third kappa shape index (κ3) is 1.24. The molecule has 84 valence electrons. The van der Waals surface area contributed by atoms with E-state index < -0.39 is 0 Å². The molecule has 0 unspecified atom stereocenters. The van der Waals surface area contributed by atoms with Crippen molar-refractivity contribution in [3.63, 3.8) is 0 Å². The summed E-state index contributed by atoms with van der Waals surface area (Å²) in [5.41, 5.74) is 1.77. The Kier molecular flexibility index (Phi) is 2.18. The zero-order valence-corrected chi connectivity index (χ0v) is 9.55. The van der Waals surface area contributed by atoms with Gasteiger partial charge in [0.05, 0.1) is 13.2 Å². The molecule has 0 bridgehead atoms. The van der Waals surface area contributed by atoms with Crippen molar-refractivity contribution in [2.45, 2.75) is 51.2 Å². The van der Waals surface area contributed by atoms with Crippen LogP contribution in [0.1, 0.15) is 45.4 Å². The highest BCUT2D eigenvalue weighted by molar-refractivity contribution is 5.24. The summed E-state index contributed by atoms with van der Waals surface area (Å²) in [7, 11) is 0. The summed E-state index contributed by atoms with van der Waals surface area (Å²) in [6.45, 7) is 3.91. The number of fused-ring (bicyclic) bond motifs is 2. The second-order valence-electron chi connectivity index (χ2n) is 5.26. The number of rotatable bonds is 0. The summed E-state index contributed by atoms with van der Waals surface area (Å²) in [5.74, 6) is -0.266. The van der Waals surface area contributed by atoms with Crippen LogP contribution in [0.3, 0.4) is 0 Å². The Bertz CT molecular complexity index is 289. The van der Waals surface area contributed by atoms with Crippen molar-refractivity contribution in [2.75, 3.05) is 13.2 Å². The summed E-state index contributed by atoms with van der Waals surface area (Å²) in [6, 6.07) is 0. The normalized spacial score (nSPS) is 38.9. The van der Waals surface area contributed by atoms with Crippen LogP contribution in [0.2, 0.25) is 0 Å². The Labute approximate surface area is 91.6 Å². The molecular formula is C13H20O2. The minimum absolute atomic E-state index is 0.167. The van der Waals surface area contributed by atoms with Crippen molar-refractivity contribution in [1.29, 1.82) is 0 Å². The molecule has 0 amide bonds. The van der Waals surface area contributed by atoms with Crippen molar-refractivity contribution in [1.82, 2.24) is 0 Å². The number of hydrogen-bond donors (Lipinski definition) is 0. The van der Waals surface area contributed by atoms with Gasteiger partial charge in [-0.3, -0.25) is 0 Å². The first-order valence-corrected chi connectivity index (χ1v) is 6.24. The second-order valence-corrected chi connectivity index (χ2v) is 5.26. The highest BCUT2D eigenvalue weighted by Gasteiger charge is 2.56. The first kappa shape index (κ1) is 9.86. The van der Waals surface area contributed by atoms with E-state index in [0.29, 0.717) is 0 Å². The lowest BCUT2D eigenvalue weighted by atomic mass is 9.62. The zero-order valence-electron chi connectivity index (χ0n) is 9.55. The van der Waals surface area contributed by atoms with Crippen LogP contribution in [0.4, 0.5) is 0 Å².